The third-order valence-corrected chi connectivity index (χ3v) is 3.97. The molecule has 16 heavy (non-hydrogen) atoms. The predicted molar refractivity (Wildman–Crippen MR) is 61.7 cm³/mol. The highest BCUT2D eigenvalue weighted by Crippen LogP contribution is 2.36. The van der Waals surface area contributed by atoms with E-state index in [2.05, 4.69) is 0 Å². The summed E-state index contributed by atoms with van der Waals surface area (Å²) in [6.45, 7) is 3.95. The number of nitrogens with two attached hydrogens (primary N) is 1. The quantitative estimate of drug-likeness (QED) is 0.720. The summed E-state index contributed by atoms with van der Waals surface area (Å²) in [6, 6.07) is 0.0652. The van der Waals surface area contributed by atoms with Crippen LogP contribution in [-0.4, -0.2) is 40.1 Å². The molecule has 2 saturated heterocycles. The number of piperidine rings is 1. The molecule has 92 valence electrons. The Labute approximate surface area is 96.8 Å². The van der Waals surface area contributed by atoms with Crippen LogP contribution in [-0.2, 0) is 4.79 Å². The van der Waals surface area contributed by atoms with E-state index in [0.29, 0.717) is 0 Å². The summed E-state index contributed by atoms with van der Waals surface area (Å²) >= 11 is 0. The van der Waals surface area contributed by atoms with Crippen LogP contribution < -0.4 is 5.73 Å². The number of hydrogen-bond donors (Lipinski definition) is 2. The van der Waals surface area contributed by atoms with E-state index in [9.17, 15) is 9.90 Å². The zero-order chi connectivity index (χ0) is 11.9. The number of rotatable bonds is 2. The summed E-state index contributed by atoms with van der Waals surface area (Å²) < 4.78 is 0. The smallest absolute Gasteiger partial charge is 0.240 e. The van der Waals surface area contributed by atoms with Gasteiger partial charge in [-0.25, -0.2) is 0 Å². The average Bonchev–Trinajstić information content (AvgIpc) is 2.49. The van der Waals surface area contributed by atoms with Gasteiger partial charge in [0.2, 0.25) is 5.91 Å². The monoisotopic (exact) mass is 226 g/mol. The van der Waals surface area contributed by atoms with E-state index in [1.807, 2.05) is 18.7 Å². The van der Waals surface area contributed by atoms with E-state index in [4.69, 9.17) is 5.73 Å². The van der Waals surface area contributed by atoms with Crippen LogP contribution in [0.3, 0.4) is 0 Å². The number of carbonyl (C=O) groups is 1. The molecule has 0 aliphatic carbocycles. The van der Waals surface area contributed by atoms with Crippen molar-refractivity contribution in [3.63, 3.8) is 0 Å². The first-order valence-electron chi connectivity index (χ1n) is 6.26. The van der Waals surface area contributed by atoms with Crippen molar-refractivity contribution in [2.75, 3.05) is 0 Å². The maximum absolute atomic E-state index is 12.2. The van der Waals surface area contributed by atoms with Gasteiger partial charge in [-0.3, -0.25) is 4.79 Å². The Morgan fingerprint density at radius 1 is 1.31 bits per heavy atom. The first-order chi connectivity index (χ1) is 7.50. The Morgan fingerprint density at radius 2 is 1.81 bits per heavy atom. The SMILES string of the molecule is CC(C)C(N)C(=O)N1C2CCC1CC(O)C2. The number of aliphatic hydroxyl groups excluding tert-OH is 1. The lowest BCUT2D eigenvalue weighted by Crippen LogP contribution is -2.54. The lowest BCUT2D eigenvalue weighted by atomic mass is 9.96. The fourth-order valence-corrected chi connectivity index (χ4v) is 2.97. The molecule has 2 bridgehead atoms. The maximum atomic E-state index is 12.2. The highest BCUT2D eigenvalue weighted by Gasteiger charge is 2.44. The van der Waals surface area contributed by atoms with Gasteiger partial charge in [-0.2, -0.15) is 0 Å². The number of aliphatic hydroxyl groups is 1. The van der Waals surface area contributed by atoms with Crippen LogP contribution >= 0.6 is 0 Å². The second-order valence-electron chi connectivity index (χ2n) is 5.53. The van der Waals surface area contributed by atoms with Crippen LogP contribution in [0.4, 0.5) is 0 Å². The molecule has 0 aromatic heterocycles. The summed E-state index contributed by atoms with van der Waals surface area (Å²) in [5.74, 6) is 0.258. The first-order valence-corrected chi connectivity index (χ1v) is 6.26. The minimum absolute atomic E-state index is 0.0781. The van der Waals surface area contributed by atoms with Crippen molar-refractivity contribution in [1.29, 1.82) is 0 Å². The molecule has 4 nitrogen and oxygen atoms in total. The Kier molecular flexibility index (Phi) is 3.22. The molecule has 0 spiro atoms. The third kappa shape index (κ3) is 1.96. The molecule has 0 aromatic carbocycles. The van der Waals surface area contributed by atoms with Crippen LogP contribution in [0.25, 0.3) is 0 Å². The van der Waals surface area contributed by atoms with Crippen molar-refractivity contribution >= 4 is 5.91 Å². The van der Waals surface area contributed by atoms with Crippen molar-refractivity contribution in [1.82, 2.24) is 4.90 Å². The van der Waals surface area contributed by atoms with Crippen molar-refractivity contribution in [2.24, 2.45) is 11.7 Å². The second-order valence-corrected chi connectivity index (χ2v) is 5.53. The van der Waals surface area contributed by atoms with E-state index in [1.165, 1.54) is 0 Å². The van der Waals surface area contributed by atoms with E-state index in [0.717, 1.165) is 25.7 Å². The highest BCUT2D eigenvalue weighted by molar-refractivity contribution is 5.83. The van der Waals surface area contributed by atoms with Crippen molar-refractivity contribution < 1.29 is 9.90 Å². The zero-order valence-electron chi connectivity index (χ0n) is 10.1. The Balaban J connectivity index is 2.08. The molecule has 3 unspecified atom stereocenters. The summed E-state index contributed by atoms with van der Waals surface area (Å²) in [5, 5.41) is 9.67. The Hall–Kier alpha value is -0.610. The van der Waals surface area contributed by atoms with Gasteiger partial charge in [0.15, 0.2) is 0 Å². The van der Waals surface area contributed by atoms with Gasteiger partial charge in [-0.1, -0.05) is 13.8 Å². The number of carbonyl (C=O) groups excluding carboxylic acids is 1. The molecule has 0 radical (unpaired) electrons. The lowest BCUT2D eigenvalue weighted by molar-refractivity contribution is -0.139. The fourth-order valence-electron chi connectivity index (χ4n) is 2.97. The summed E-state index contributed by atoms with van der Waals surface area (Å²) in [6.07, 6.45) is 3.29. The van der Waals surface area contributed by atoms with Crippen LogP contribution in [0.1, 0.15) is 39.5 Å². The van der Waals surface area contributed by atoms with E-state index < -0.39 is 6.04 Å². The minimum atomic E-state index is -0.390. The fraction of sp³-hybridized carbons (Fsp3) is 0.917. The Morgan fingerprint density at radius 3 is 2.25 bits per heavy atom. The standard InChI is InChI=1S/C12H22N2O2/c1-7(2)11(13)12(16)14-8-3-4-9(14)6-10(15)5-8/h7-11,15H,3-6,13H2,1-2H3. The molecule has 1 amide bonds. The van der Waals surface area contributed by atoms with Crippen LogP contribution in [0.2, 0.25) is 0 Å². The molecule has 2 fully saturated rings. The van der Waals surface area contributed by atoms with Gasteiger partial charge in [-0.15, -0.1) is 0 Å². The largest absolute Gasteiger partial charge is 0.393 e. The highest BCUT2D eigenvalue weighted by atomic mass is 16.3. The average molecular weight is 226 g/mol. The van der Waals surface area contributed by atoms with E-state index in [1.54, 1.807) is 0 Å². The van der Waals surface area contributed by atoms with Crippen molar-refractivity contribution in [3.8, 4) is 0 Å². The van der Waals surface area contributed by atoms with Crippen LogP contribution in [0.5, 0.6) is 0 Å². The third-order valence-electron chi connectivity index (χ3n) is 3.97. The van der Waals surface area contributed by atoms with Gasteiger partial charge < -0.3 is 15.7 Å². The molecule has 2 rings (SSSR count). The minimum Gasteiger partial charge on any atom is -0.393 e. The number of amides is 1. The van der Waals surface area contributed by atoms with Gasteiger partial charge >= 0.3 is 0 Å². The van der Waals surface area contributed by atoms with Gasteiger partial charge in [0, 0.05) is 12.1 Å². The summed E-state index contributed by atoms with van der Waals surface area (Å²) in [7, 11) is 0. The second kappa shape index (κ2) is 4.34. The molecule has 0 saturated carbocycles. The van der Waals surface area contributed by atoms with Crippen LogP contribution in [0.15, 0.2) is 0 Å². The maximum Gasteiger partial charge on any atom is 0.240 e. The molecule has 0 aromatic rings. The van der Waals surface area contributed by atoms with Gasteiger partial charge in [0.1, 0.15) is 0 Å². The normalized spacial score (nSPS) is 35.6. The molecule has 2 aliphatic heterocycles. The lowest BCUT2D eigenvalue weighted by Gasteiger charge is -2.39. The van der Waals surface area contributed by atoms with Gasteiger partial charge in [0.25, 0.3) is 0 Å². The van der Waals surface area contributed by atoms with Crippen LogP contribution in [0, 0.1) is 5.92 Å². The van der Waals surface area contributed by atoms with E-state index >= 15 is 0 Å². The van der Waals surface area contributed by atoms with Gasteiger partial charge in [0.05, 0.1) is 12.1 Å². The van der Waals surface area contributed by atoms with Gasteiger partial charge in [-0.05, 0) is 31.6 Å². The van der Waals surface area contributed by atoms with E-state index in [-0.39, 0.29) is 30.0 Å². The number of nitrogens with zero attached hydrogens (tertiary/aromatic N) is 1. The van der Waals surface area contributed by atoms with Crippen molar-refractivity contribution in [2.45, 2.75) is 63.8 Å². The topological polar surface area (TPSA) is 66.6 Å². The summed E-state index contributed by atoms with van der Waals surface area (Å²) in [4.78, 5) is 14.2. The zero-order valence-corrected chi connectivity index (χ0v) is 10.1. The molecule has 3 N–H and O–H groups in total. The molecule has 4 heteroatoms. The molecular weight excluding hydrogens is 204 g/mol. The molecule has 2 aliphatic rings. The van der Waals surface area contributed by atoms with Crippen molar-refractivity contribution in [3.05, 3.63) is 0 Å². The molecule has 3 atom stereocenters. The Bertz CT molecular complexity index is 266. The first kappa shape index (κ1) is 11.9. The molecular formula is C12H22N2O2. The number of hydrogen-bond acceptors (Lipinski definition) is 3. The summed E-state index contributed by atoms with van der Waals surface area (Å²) in [5.41, 5.74) is 5.92. The predicted octanol–water partition coefficient (Wildman–Crippen LogP) is 0.484. The number of fused-ring (bicyclic) bond motifs is 2. The molecule has 2 heterocycles.